The van der Waals surface area contributed by atoms with Gasteiger partial charge in [-0.05, 0) is 42.7 Å². The normalized spacial score (nSPS) is 16.4. The average molecular weight is 345 g/mol. The van der Waals surface area contributed by atoms with E-state index in [0.29, 0.717) is 23.0 Å². The highest BCUT2D eigenvalue weighted by Gasteiger charge is 2.16. The third-order valence-electron chi connectivity index (χ3n) is 3.67. The summed E-state index contributed by atoms with van der Waals surface area (Å²) in [6.07, 6.45) is 3.19. The molecule has 3 rings (SSSR count). The molecule has 0 spiro atoms. The van der Waals surface area contributed by atoms with E-state index in [-0.39, 0.29) is 18.0 Å². The Balaban J connectivity index is 1.54. The van der Waals surface area contributed by atoms with Crippen LogP contribution in [0.3, 0.4) is 0 Å². The van der Waals surface area contributed by atoms with Crippen molar-refractivity contribution in [2.45, 2.75) is 18.9 Å². The molecule has 0 bridgehead atoms. The number of aromatic nitrogens is 1. The first kappa shape index (κ1) is 16.3. The molecule has 124 valence electrons. The molecule has 2 heterocycles. The molecule has 0 saturated carbocycles. The number of nitrogens with zero attached hydrogens (tertiary/aromatic N) is 2. The lowest BCUT2D eigenvalue weighted by Gasteiger charge is -2.08. The molecule has 7 heteroatoms. The first-order chi connectivity index (χ1) is 11.6. The van der Waals surface area contributed by atoms with Gasteiger partial charge in [0.15, 0.2) is 0 Å². The number of carbonyl (C=O) groups excluding carboxylic acids is 1. The second kappa shape index (κ2) is 7.31. The Morgan fingerprint density at radius 2 is 2.08 bits per heavy atom. The van der Waals surface area contributed by atoms with E-state index in [2.05, 4.69) is 15.3 Å². The summed E-state index contributed by atoms with van der Waals surface area (Å²) >= 11 is 5.76. The Labute approximate surface area is 144 Å². The lowest BCUT2D eigenvalue weighted by molar-refractivity contribution is 0.102. The lowest BCUT2D eigenvalue weighted by atomic mass is 10.1. The number of ether oxygens (including phenoxy) is 1. The van der Waals surface area contributed by atoms with Crippen molar-refractivity contribution in [3.8, 4) is 0 Å². The maximum absolute atomic E-state index is 12.1. The molecular formula is C17H17ClN4O2. The standard InChI is InChI=1S/C17H17ClN4O2/c18-12-4-8-15(20-9-12)16(23)21-13-5-1-11(2-6-13)3-7-14-10-24-17(19)22-14/h1-2,4-6,8-9,14H,3,7,10H2,(H2,19,22)(H,21,23). The van der Waals surface area contributed by atoms with E-state index in [1.165, 1.54) is 11.8 Å². The topological polar surface area (TPSA) is 89.6 Å². The third-order valence-corrected chi connectivity index (χ3v) is 3.90. The van der Waals surface area contributed by atoms with Gasteiger partial charge in [0.25, 0.3) is 11.9 Å². The Bertz CT molecular complexity index is 744. The van der Waals surface area contributed by atoms with Crippen LogP contribution in [0.15, 0.2) is 47.6 Å². The molecule has 1 amide bonds. The monoisotopic (exact) mass is 344 g/mol. The number of aryl methyl sites for hydroxylation is 1. The van der Waals surface area contributed by atoms with Crippen molar-refractivity contribution in [3.05, 3.63) is 58.9 Å². The Kier molecular flexibility index (Phi) is 4.96. The molecule has 3 N–H and O–H groups in total. The van der Waals surface area contributed by atoms with Crippen molar-refractivity contribution in [2.24, 2.45) is 10.7 Å². The van der Waals surface area contributed by atoms with Gasteiger partial charge in [0.05, 0.1) is 11.1 Å². The molecule has 24 heavy (non-hydrogen) atoms. The van der Waals surface area contributed by atoms with Gasteiger partial charge in [0.1, 0.15) is 12.3 Å². The largest absolute Gasteiger partial charge is 0.463 e. The van der Waals surface area contributed by atoms with E-state index in [0.717, 1.165) is 12.8 Å². The second-order valence-corrected chi connectivity index (χ2v) is 5.92. The minimum atomic E-state index is -0.271. The highest BCUT2D eigenvalue weighted by atomic mass is 35.5. The highest BCUT2D eigenvalue weighted by Crippen LogP contribution is 2.15. The minimum absolute atomic E-state index is 0.125. The number of halogens is 1. The first-order valence-electron chi connectivity index (χ1n) is 7.58. The van der Waals surface area contributed by atoms with Gasteiger partial charge in [-0.3, -0.25) is 4.79 Å². The van der Waals surface area contributed by atoms with Crippen molar-refractivity contribution in [3.63, 3.8) is 0 Å². The van der Waals surface area contributed by atoms with Crippen LogP contribution in [-0.2, 0) is 11.2 Å². The maximum Gasteiger partial charge on any atom is 0.282 e. The second-order valence-electron chi connectivity index (χ2n) is 5.48. The quantitative estimate of drug-likeness (QED) is 0.872. The molecule has 1 aliphatic rings. The summed E-state index contributed by atoms with van der Waals surface area (Å²) in [5.74, 6) is -0.271. The third kappa shape index (κ3) is 4.23. The number of hydrogen-bond donors (Lipinski definition) is 2. The molecule has 0 saturated heterocycles. The van der Waals surface area contributed by atoms with Gasteiger partial charge >= 0.3 is 0 Å². The molecule has 1 aromatic heterocycles. The van der Waals surface area contributed by atoms with E-state index in [1.54, 1.807) is 12.1 Å². The predicted molar refractivity (Wildman–Crippen MR) is 93.3 cm³/mol. The van der Waals surface area contributed by atoms with Crippen LogP contribution in [0.25, 0.3) is 0 Å². The summed E-state index contributed by atoms with van der Waals surface area (Å²) in [6.45, 7) is 0.550. The molecule has 2 aromatic rings. The zero-order valence-corrected chi connectivity index (χ0v) is 13.7. The summed E-state index contributed by atoms with van der Waals surface area (Å²) in [4.78, 5) is 20.3. The van der Waals surface area contributed by atoms with Gasteiger partial charge in [0, 0.05) is 11.9 Å². The maximum atomic E-state index is 12.1. The van der Waals surface area contributed by atoms with Crippen molar-refractivity contribution in [1.82, 2.24) is 4.98 Å². The van der Waals surface area contributed by atoms with Crippen LogP contribution >= 0.6 is 11.6 Å². The Morgan fingerprint density at radius 3 is 2.71 bits per heavy atom. The highest BCUT2D eigenvalue weighted by molar-refractivity contribution is 6.30. The van der Waals surface area contributed by atoms with Crippen LogP contribution < -0.4 is 11.1 Å². The fourth-order valence-corrected chi connectivity index (χ4v) is 2.49. The van der Waals surface area contributed by atoms with E-state index in [4.69, 9.17) is 22.1 Å². The minimum Gasteiger partial charge on any atom is -0.463 e. The molecule has 1 atom stereocenters. The summed E-state index contributed by atoms with van der Waals surface area (Å²) in [6, 6.07) is 11.3. The summed E-state index contributed by atoms with van der Waals surface area (Å²) < 4.78 is 5.13. The van der Waals surface area contributed by atoms with E-state index >= 15 is 0 Å². The molecule has 0 aliphatic carbocycles. The zero-order chi connectivity index (χ0) is 16.9. The number of amidine groups is 1. The molecule has 0 fully saturated rings. The van der Waals surface area contributed by atoms with Crippen LogP contribution in [0.2, 0.25) is 5.02 Å². The SMILES string of the molecule is NC1=NC(CCc2ccc(NC(=O)c3ccc(Cl)cn3)cc2)CO1. The summed E-state index contributed by atoms with van der Waals surface area (Å²) in [5.41, 5.74) is 7.69. The summed E-state index contributed by atoms with van der Waals surface area (Å²) in [5, 5.41) is 3.30. The van der Waals surface area contributed by atoms with Crippen molar-refractivity contribution < 1.29 is 9.53 Å². The molecule has 1 aromatic carbocycles. The van der Waals surface area contributed by atoms with Gasteiger partial charge < -0.3 is 15.8 Å². The average Bonchev–Trinajstić information content (AvgIpc) is 3.00. The molecule has 1 unspecified atom stereocenters. The van der Waals surface area contributed by atoms with Gasteiger partial charge in [-0.25, -0.2) is 9.98 Å². The van der Waals surface area contributed by atoms with Crippen LogP contribution in [0, 0.1) is 0 Å². The van der Waals surface area contributed by atoms with Crippen molar-refractivity contribution >= 4 is 29.2 Å². The number of carbonyl (C=O) groups is 1. The summed E-state index contributed by atoms with van der Waals surface area (Å²) in [7, 11) is 0. The van der Waals surface area contributed by atoms with Crippen molar-refractivity contribution in [2.75, 3.05) is 11.9 Å². The zero-order valence-electron chi connectivity index (χ0n) is 12.9. The number of amides is 1. The number of aliphatic imine (C=N–C) groups is 1. The van der Waals surface area contributed by atoms with E-state index in [9.17, 15) is 4.79 Å². The number of pyridine rings is 1. The smallest absolute Gasteiger partial charge is 0.282 e. The number of rotatable bonds is 5. The molecule has 0 radical (unpaired) electrons. The Hall–Kier alpha value is -2.60. The number of anilines is 1. The fourth-order valence-electron chi connectivity index (χ4n) is 2.38. The Morgan fingerprint density at radius 1 is 1.29 bits per heavy atom. The molecular weight excluding hydrogens is 328 g/mol. The van der Waals surface area contributed by atoms with Crippen LogP contribution in [-0.4, -0.2) is 29.6 Å². The van der Waals surface area contributed by atoms with E-state index < -0.39 is 0 Å². The number of nitrogens with one attached hydrogen (secondary N) is 1. The molecule has 1 aliphatic heterocycles. The van der Waals surface area contributed by atoms with Gasteiger partial charge in [-0.2, -0.15) is 0 Å². The van der Waals surface area contributed by atoms with Crippen LogP contribution in [0.4, 0.5) is 5.69 Å². The van der Waals surface area contributed by atoms with Gasteiger partial charge in [-0.15, -0.1) is 0 Å². The molecule has 6 nitrogen and oxygen atoms in total. The van der Waals surface area contributed by atoms with Crippen LogP contribution in [0.5, 0.6) is 0 Å². The fraction of sp³-hybridized carbons (Fsp3) is 0.235. The first-order valence-corrected chi connectivity index (χ1v) is 7.96. The predicted octanol–water partition coefficient (Wildman–Crippen LogP) is 2.63. The lowest BCUT2D eigenvalue weighted by Crippen LogP contribution is -2.13. The number of hydrogen-bond acceptors (Lipinski definition) is 5. The van der Waals surface area contributed by atoms with Gasteiger partial charge in [0.2, 0.25) is 0 Å². The van der Waals surface area contributed by atoms with Crippen LogP contribution in [0.1, 0.15) is 22.5 Å². The number of benzene rings is 1. The van der Waals surface area contributed by atoms with Gasteiger partial charge in [-0.1, -0.05) is 23.7 Å². The number of nitrogens with two attached hydrogens (primary N) is 1. The van der Waals surface area contributed by atoms with E-state index in [1.807, 2.05) is 24.3 Å². The van der Waals surface area contributed by atoms with Crippen molar-refractivity contribution in [1.29, 1.82) is 0 Å².